The van der Waals surface area contributed by atoms with E-state index < -0.39 is 60.6 Å². The summed E-state index contributed by atoms with van der Waals surface area (Å²) in [7, 11) is -0.810. The molecule has 51 heavy (non-hydrogen) atoms. The lowest BCUT2D eigenvalue weighted by atomic mass is 9.74. The molecule has 3 aliphatic rings. The maximum atomic E-state index is 14.0. The third-order valence-electron chi connectivity index (χ3n) is 9.24. The van der Waals surface area contributed by atoms with E-state index in [1.807, 2.05) is 33.8 Å². The zero-order chi connectivity index (χ0) is 37.7. The van der Waals surface area contributed by atoms with Crippen molar-refractivity contribution in [2.75, 3.05) is 25.1 Å². The largest absolute Gasteiger partial charge is 0.495 e. The molecule has 2 saturated heterocycles. The third kappa shape index (κ3) is 8.64. The fraction of sp³-hybridized carbons (Fsp3) is 0.611. The molecule has 4 heterocycles. The van der Waals surface area contributed by atoms with E-state index in [-0.39, 0.29) is 24.6 Å². The van der Waals surface area contributed by atoms with Crippen molar-refractivity contribution in [1.29, 1.82) is 0 Å². The molecule has 3 aliphatic heterocycles. The summed E-state index contributed by atoms with van der Waals surface area (Å²) in [6.07, 6.45) is -3.79. The molecule has 0 saturated carbocycles. The van der Waals surface area contributed by atoms with Crippen molar-refractivity contribution in [3.8, 4) is 0 Å². The molecule has 1 unspecified atom stereocenters. The van der Waals surface area contributed by atoms with Gasteiger partial charge in [-0.15, -0.1) is 0 Å². The van der Waals surface area contributed by atoms with Crippen LogP contribution in [0.4, 0.5) is 29.9 Å². The Kier molecular flexibility index (Phi) is 10.5. The number of fused-ring (bicyclic) bond motifs is 1. The van der Waals surface area contributed by atoms with Gasteiger partial charge in [-0.05, 0) is 104 Å². The maximum Gasteiger partial charge on any atom is 0.495 e. The Hall–Kier alpha value is -3.82. The molecule has 5 rings (SSSR count). The molecule has 0 bridgehead atoms. The maximum absolute atomic E-state index is 14.0. The van der Waals surface area contributed by atoms with Crippen molar-refractivity contribution in [2.45, 2.75) is 123 Å². The van der Waals surface area contributed by atoms with Gasteiger partial charge in [-0.25, -0.2) is 28.3 Å². The summed E-state index contributed by atoms with van der Waals surface area (Å²) in [4.78, 5) is 47.1. The Morgan fingerprint density at radius 1 is 1.04 bits per heavy atom. The fourth-order valence-corrected chi connectivity index (χ4v) is 6.08. The van der Waals surface area contributed by atoms with Gasteiger partial charge < -0.3 is 28.8 Å². The van der Waals surface area contributed by atoms with E-state index in [4.69, 9.17) is 28.5 Å². The fourth-order valence-electron chi connectivity index (χ4n) is 6.08. The van der Waals surface area contributed by atoms with Gasteiger partial charge in [0.05, 0.1) is 54.4 Å². The molecule has 3 amide bonds. The number of benzene rings is 1. The molecule has 0 spiro atoms. The van der Waals surface area contributed by atoms with E-state index in [2.05, 4.69) is 5.32 Å². The summed E-state index contributed by atoms with van der Waals surface area (Å²) >= 11 is 0. The Morgan fingerprint density at radius 2 is 1.69 bits per heavy atom. The molecule has 15 heteroatoms. The number of imide groups is 1. The number of rotatable bonds is 8. The van der Waals surface area contributed by atoms with Gasteiger partial charge in [0.15, 0.2) is 0 Å². The van der Waals surface area contributed by atoms with E-state index in [1.54, 1.807) is 59.7 Å². The van der Waals surface area contributed by atoms with Crippen molar-refractivity contribution in [3.05, 3.63) is 46.6 Å². The van der Waals surface area contributed by atoms with E-state index in [1.165, 1.54) is 0 Å². The first-order valence-electron chi connectivity index (χ1n) is 17.2. The molecule has 2 fully saturated rings. The number of aromatic nitrogens is 1. The molecule has 1 aromatic carbocycles. The first kappa shape index (κ1) is 38.4. The molecule has 1 atom stereocenters. The van der Waals surface area contributed by atoms with Crippen LogP contribution in [0.1, 0.15) is 109 Å². The Balaban J connectivity index is 1.54. The number of nitrogens with zero attached hydrogens (tertiary/aromatic N) is 3. The van der Waals surface area contributed by atoms with E-state index >= 15 is 0 Å². The number of carbonyl (C=O) groups is 3. The smallest absolute Gasteiger partial charge is 0.444 e. The topological polar surface area (TPSA) is 129 Å². The van der Waals surface area contributed by atoms with Crippen LogP contribution in [0.25, 0.3) is 0 Å². The highest BCUT2D eigenvalue weighted by molar-refractivity contribution is 6.63. The Morgan fingerprint density at radius 3 is 2.25 bits per heavy atom. The molecule has 0 aliphatic carbocycles. The summed E-state index contributed by atoms with van der Waals surface area (Å²) in [5.41, 5.74) is -0.206. The van der Waals surface area contributed by atoms with E-state index in [0.717, 1.165) is 15.4 Å². The molecular weight excluding hydrogens is 665 g/mol. The Bertz CT molecular complexity index is 1650. The van der Waals surface area contributed by atoms with Crippen LogP contribution < -0.4 is 10.8 Å². The second-order valence-electron chi connectivity index (χ2n) is 16.2. The SMILES string of the molecule is CC(C)(C)OC(=O)N(Cc1nc(Nc2ccc(B3OC(C)(C)C(C)(C)O3)c3c2C(=O)N(C(=O)OC(C)(C)C)C3)ccc1C1CCOC1)CC(F)F. The van der Waals surface area contributed by atoms with Gasteiger partial charge in [0.25, 0.3) is 12.3 Å². The highest BCUT2D eigenvalue weighted by Gasteiger charge is 2.53. The third-order valence-corrected chi connectivity index (χ3v) is 9.24. The second-order valence-corrected chi connectivity index (χ2v) is 16.2. The van der Waals surface area contributed by atoms with Crippen LogP contribution in [-0.2, 0) is 36.6 Å². The average Bonchev–Trinajstić information content (AvgIpc) is 3.68. The number of amides is 3. The molecule has 1 N–H and O–H groups in total. The molecule has 278 valence electrons. The predicted octanol–water partition coefficient (Wildman–Crippen LogP) is 6.52. The number of ether oxygens (including phenoxy) is 3. The normalized spacial score (nSPS) is 19.8. The summed E-state index contributed by atoms with van der Waals surface area (Å²) in [5.74, 6) is -0.336. The molecule has 1 aromatic heterocycles. The van der Waals surface area contributed by atoms with Crippen LogP contribution in [0, 0.1) is 0 Å². The zero-order valence-corrected chi connectivity index (χ0v) is 31.1. The van der Waals surface area contributed by atoms with Gasteiger partial charge in [0.1, 0.15) is 17.0 Å². The first-order chi connectivity index (χ1) is 23.5. The van der Waals surface area contributed by atoms with Gasteiger partial charge in [-0.2, -0.15) is 0 Å². The molecule has 2 aromatic rings. The van der Waals surface area contributed by atoms with Crippen molar-refractivity contribution in [2.24, 2.45) is 0 Å². The lowest BCUT2D eigenvalue weighted by molar-refractivity contribution is 0.00578. The molecule has 0 radical (unpaired) electrons. The molecule has 12 nitrogen and oxygen atoms in total. The van der Waals surface area contributed by atoms with Crippen LogP contribution in [0.3, 0.4) is 0 Å². The predicted molar refractivity (Wildman–Crippen MR) is 187 cm³/mol. The highest BCUT2D eigenvalue weighted by Crippen LogP contribution is 2.39. The van der Waals surface area contributed by atoms with Crippen molar-refractivity contribution < 1.29 is 46.7 Å². The number of halogens is 2. The van der Waals surface area contributed by atoms with E-state index in [9.17, 15) is 23.2 Å². The van der Waals surface area contributed by atoms with E-state index in [0.29, 0.717) is 47.9 Å². The summed E-state index contributed by atoms with van der Waals surface area (Å²) in [6, 6.07) is 7.03. The van der Waals surface area contributed by atoms with Crippen LogP contribution in [-0.4, -0.2) is 88.6 Å². The number of anilines is 2. The minimum atomic E-state index is -2.80. The van der Waals surface area contributed by atoms with Crippen LogP contribution in [0.5, 0.6) is 0 Å². The molecular formula is C36H49BF2N4O8. The minimum Gasteiger partial charge on any atom is -0.444 e. The summed E-state index contributed by atoms with van der Waals surface area (Å²) < 4.78 is 56.8. The second kappa shape index (κ2) is 14.0. The van der Waals surface area contributed by atoms with Crippen molar-refractivity contribution >= 4 is 42.2 Å². The number of hydrogen-bond donors (Lipinski definition) is 1. The summed E-state index contributed by atoms with van der Waals surface area (Å²) in [6.45, 7) is 17.7. The van der Waals surface area contributed by atoms with Crippen LogP contribution in [0.2, 0.25) is 0 Å². The van der Waals surface area contributed by atoms with Crippen LogP contribution >= 0.6 is 0 Å². The number of hydrogen-bond acceptors (Lipinski definition) is 10. The number of pyridine rings is 1. The van der Waals surface area contributed by atoms with Crippen molar-refractivity contribution in [3.63, 3.8) is 0 Å². The number of carbonyl (C=O) groups excluding carboxylic acids is 3. The quantitative estimate of drug-likeness (QED) is 0.302. The standard InChI is InChI=1S/C36H49BF2N4O8/c1-33(2,3)48-31(45)42(19-27(38)39)18-26-22(21-15-16-47-20-21)11-14-28(41-26)40-25-13-12-24(37-50-35(7,8)36(9,10)51-37)23-17-43(30(44)29(23)25)32(46)49-34(4,5)6/h11-14,21,27H,15-20H2,1-10H3,(H,40,41). The lowest BCUT2D eigenvalue weighted by Gasteiger charge is -2.32. The van der Waals surface area contributed by atoms with Gasteiger partial charge in [-0.1, -0.05) is 12.1 Å². The zero-order valence-electron chi connectivity index (χ0n) is 31.1. The highest BCUT2D eigenvalue weighted by atomic mass is 19.3. The first-order valence-corrected chi connectivity index (χ1v) is 17.2. The van der Waals surface area contributed by atoms with Crippen LogP contribution in [0.15, 0.2) is 24.3 Å². The van der Waals surface area contributed by atoms with Crippen molar-refractivity contribution in [1.82, 2.24) is 14.8 Å². The summed E-state index contributed by atoms with van der Waals surface area (Å²) in [5, 5.41) is 3.23. The lowest BCUT2D eigenvalue weighted by Crippen LogP contribution is -2.41. The van der Waals surface area contributed by atoms with Gasteiger partial charge >= 0.3 is 19.3 Å². The van der Waals surface area contributed by atoms with Gasteiger partial charge in [0, 0.05) is 12.5 Å². The van der Waals surface area contributed by atoms with Gasteiger partial charge in [-0.3, -0.25) is 9.69 Å². The number of alkyl halides is 2. The monoisotopic (exact) mass is 714 g/mol. The Labute approximate surface area is 298 Å². The van der Waals surface area contributed by atoms with Gasteiger partial charge in [0.2, 0.25) is 0 Å². The average molecular weight is 715 g/mol. The number of nitrogens with one attached hydrogen (secondary N) is 1. The minimum absolute atomic E-state index is 0.0546.